The fourth-order valence-corrected chi connectivity index (χ4v) is 1.09. The van der Waals surface area contributed by atoms with Gasteiger partial charge in [0.25, 0.3) is 0 Å². The van der Waals surface area contributed by atoms with Crippen molar-refractivity contribution in [2.24, 2.45) is 0 Å². The predicted molar refractivity (Wildman–Crippen MR) is 53.6 cm³/mol. The van der Waals surface area contributed by atoms with Crippen molar-refractivity contribution in [1.29, 1.82) is 0 Å². The summed E-state index contributed by atoms with van der Waals surface area (Å²) in [6, 6.07) is 0. The first-order valence-electron chi connectivity index (χ1n) is 4.83. The number of methoxy groups -OCH3 is 1. The summed E-state index contributed by atoms with van der Waals surface area (Å²) in [6.07, 6.45) is -1.18. The zero-order chi connectivity index (χ0) is 11.7. The number of hydrogen-bond donors (Lipinski definition) is 4. The van der Waals surface area contributed by atoms with Gasteiger partial charge in [0.05, 0.1) is 25.2 Å². The Balaban J connectivity index is 3.33. The Kier molecular flexibility index (Phi) is 8.21. The smallest absolute Gasteiger partial charge is 0.306 e. The number of hydrogen-bond acceptors (Lipinski definition) is 5. The van der Waals surface area contributed by atoms with Crippen LogP contribution in [-0.2, 0) is 9.53 Å². The molecule has 0 rings (SSSR count). The molecule has 0 bridgehead atoms. The Morgan fingerprint density at radius 1 is 1.40 bits per heavy atom. The molecular weight excluding hydrogens is 202 g/mol. The first-order valence-corrected chi connectivity index (χ1v) is 4.83. The summed E-state index contributed by atoms with van der Waals surface area (Å²) in [4.78, 5) is 10.2. The molecule has 6 heteroatoms. The monoisotopic (exact) mass is 221 g/mol. The number of aliphatic hydroxyl groups excluding tert-OH is 2. The number of aliphatic carboxylic acids is 1. The van der Waals surface area contributed by atoms with E-state index in [0.717, 1.165) is 0 Å². The van der Waals surface area contributed by atoms with Crippen molar-refractivity contribution in [3.8, 4) is 0 Å². The minimum Gasteiger partial charge on any atom is -0.481 e. The van der Waals surface area contributed by atoms with Crippen molar-refractivity contribution < 1.29 is 24.9 Å². The third kappa shape index (κ3) is 9.61. The van der Waals surface area contributed by atoms with E-state index in [-0.39, 0.29) is 19.6 Å². The van der Waals surface area contributed by atoms with E-state index < -0.39 is 18.2 Å². The highest BCUT2D eigenvalue weighted by Gasteiger charge is 2.09. The highest BCUT2D eigenvalue weighted by Crippen LogP contribution is 1.92. The molecule has 90 valence electrons. The van der Waals surface area contributed by atoms with E-state index in [9.17, 15) is 9.90 Å². The quantitative estimate of drug-likeness (QED) is 0.365. The maximum absolute atomic E-state index is 10.2. The summed E-state index contributed by atoms with van der Waals surface area (Å²) >= 11 is 0. The Labute approximate surface area is 88.9 Å². The fraction of sp³-hybridized carbons (Fsp3) is 0.889. The van der Waals surface area contributed by atoms with Crippen LogP contribution >= 0.6 is 0 Å². The molecule has 0 aliphatic carbocycles. The molecule has 0 saturated heterocycles. The van der Waals surface area contributed by atoms with Crippen LogP contribution in [0.25, 0.3) is 0 Å². The summed E-state index contributed by atoms with van der Waals surface area (Å²) in [6.45, 7) is 1.01. The van der Waals surface area contributed by atoms with Crippen molar-refractivity contribution in [2.45, 2.75) is 25.0 Å². The van der Waals surface area contributed by atoms with Gasteiger partial charge in [-0.25, -0.2) is 0 Å². The molecule has 0 amide bonds. The number of carboxylic acids is 1. The molecule has 0 aliphatic heterocycles. The topological polar surface area (TPSA) is 99.0 Å². The molecule has 2 unspecified atom stereocenters. The zero-order valence-corrected chi connectivity index (χ0v) is 8.85. The Morgan fingerprint density at radius 3 is 2.60 bits per heavy atom. The minimum atomic E-state index is -1.02. The van der Waals surface area contributed by atoms with Crippen LogP contribution in [0, 0.1) is 0 Å². The summed E-state index contributed by atoms with van der Waals surface area (Å²) < 4.78 is 4.73. The molecule has 0 saturated carbocycles. The maximum Gasteiger partial charge on any atom is 0.306 e. The van der Waals surface area contributed by atoms with Gasteiger partial charge in [0.1, 0.15) is 0 Å². The van der Waals surface area contributed by atoms with Crippen molar-refractivity contribution in [3.05, 3.63) is 0 Å². The molecule has 6 nitrogen and oxygen atoms in total. The Morgan fingerprint density at radius 2 is 2.07 bits per heavy atom. The van der Waals surface area contributed by atoms with E-state index in [1.54, 1.807) is 0 Å². The predicted octanol–water partition coefficient (Wildman–Crippen LogP) is -1.19. The Bertz CT molecular complexity index is 176. The van der Waals surface area contributed by atoms with Crippen LogP contribution in [0.4, 0.5) is 0 Å². The standard InChI is InChI=1S/C9H19NO5/c1-15-6-7(11)2-3-10-5-8(12)4-9(13)14/h7-8,10-12H,2-6H2,1H3,(H,13,14). The van der Waals surface area contributed by atoms with Gasteiger partial charge in [-0.15, -0.1) is 0 Å². The minimum absolute atomic E-state index is 0.214. The molecule has 4 N–H and O–H groups in total. The summed E-state index contributed by atoms with van der Waals surface area (Å²) in [5, 5.41) is 29.6. The van der Waals surface area contributed by atoms with Gasteiger partial charge in [-0.2, -0.15) is 0 Å². The second kappa shape index (κ2) is 8.60. The third-order valence-electron chi connectivity index (χ3n) is 1.80. The van der Waals surface area contributed by atoms with Crippen molar-refractivity contribution >= 4 is 5.97 Å². The summed E-state index contributed by atoms with van der Waals surface area (Å²) in [5.41, 5.74) is 0. The normalized spacial score (nSPS) is 14.9. The lowest BCUT2D eigenvalue weighted by Crippen LogP contribution is -2.31. The van der Waals surface area contributed by atoms with E-state index in [4.69, 9.17) is 14.9 Å². The highest BCUT2D eigenvalue weighted by molar-refractivity contribution is 5.67. The molecule has 0 aromatic carbocycles. The van der Waals surface area contributed by atoms with E-state index >= 15 is 0 Å². The van der Waals surface area contributed by atoms with Gasteiger partial charge in [0, 0.05) is 13.7 Å². The van der Waals surface area contributed by atoms with Gasteiger partial charge in [-0.1, -0.05) is 0 Å². The van der Waals surface area contributed by atoms with Crippen LogP contribution in [0.5, 0.6) is 0 Å². The lowest BCUT2D eigenvalue weighted by atomic mass is 10.2. The van der Waals surface area contributed by atoms with Gasteiger partial charge in [0.2, 0.25) is 0 Å². The van der Waals surface area contributed by atoms with Crippen LogP contribution in [-0.4, -0.2) is 60.3 Å². The number of rotatable bonds is 9. The second-order valence-corrected chi connectivity index (χ2v) is 3.35. The maximum atomic E-state index is 10.2. The Hall–Kier alpha value is -0.690. The van der Waals surface area contributed by atoms with Crippen molar-refractivity contribution in [3.63, 3.8) is 0 Å². The average molecular weight is 221 g/mol. The van der Waals surface area contributed by atoms with Crippen LogP contribution < -0.4 is 5.32 Å². The van der Waals surface area contributed by atoms with E-state index in [0.29, 0.717) is 13.0 Å². The molecule has 0 fully saturated rings. The van der Waals surface area contributed by atoms with Gasteiger partial charge >= 0.3 is 5.97 Å². The lowest BCUT2D eigenvalue weighted by molar-refractivity contribution is -0.139. The van der Waals surface area contributed by atoms with E-state index in [1.165, 1.54) is 7.11 Å². The van der Waals surface area contributed by atoms with E-state index in [2.05, 4.69) is 5.32 Å². The van der Waals surface area contributed by atoms with Crippen LogP contribution in [0.15, 0.2) is 0 Å². The number of carboxylic acid groups (broad SMARTS) is 1. The average Bonchev–Trinajstić information content (AvgIpc) is 2.12. The summed E-state index contributed by atoms with van der Waals surface area (Å²) in [5.74, 6) is -1.02. The van der Waals surface area contributed by atoms with Crippen LogP contribution in [0.3, 0.4) is 0 Å². The van der Waals surface area contributed by atoms with Crippen molar-refractivity contribution in [1.82, 2.24) is 5.32 Å². The van der Waals surface area contributed by atoms with Gasteiger partial charge in [-0.05, 0) is 13.0 Å². The molecule has 0 aromatic rings. The van der Waals surface area contributed by atoms with Crippen LogP contribution in [0.2, 0.25) is 0 Å². The largest absolute Gasteiger partial charge is 0.481 e. The second-order valence-electron chi connectivity index (χ2n) is 3.35. The van der Waals surface area contributed by atoms with Crippen LogP contribution in [0.1, 0.15) is 12.8 Å². The first kappa shape index (κ1) is 14.3. The SMILES string of the molecule is COCC(O)CCNCC(O)CC(=O)O. The number of nitrogens with one attached hydrogen (secondary N) is 1. The molecule has 0 heterocycles. The fourth-order valence-electron chi connectivity index (χ4n) is 1.09. The van der Waals surface area contributed by atoms with E-state index in [1.807, 2.05) is 0 Å². The van der Waals surface area contributed by atoms with Gasteiger partial charge in [0.15, 0.2) is 0 Å². The van der Waals surface area contributed by atoms with Crippen molar-refractivity contribution in [2.75, 3.05) is 26.8 Å². The molecular formula is C9H19NO5. The molecule has 15 heavy (non-hydrogen) atoms. The molecule has 0 aromatic heterocycles. The molecule has 0 radical (unpaired) electrons. The third-order valence-corrected chi connectivity index (χ3v) is 1.80. The molecule has 2 atom stereocenters. The van der Waals surface area contributed by atoms with Gasteiger partial charge in [-0.3, -0.25) is 4.79 Å². The molecule has 0 spiro atoms. The highest BCUT2D eigenvalue weighted by atomic mass is 16.5. The van der Waals surface area contributed by atoms with Gasteiger partial charge < -0.3 is 25.4 Å². The zero-order valence-electron chi connectivity index (χ0n) is 8.85. The first-order chi connectivity index (χ1) is 7.06. The lowest BCUT2D eigenvalue weighted by Gasteiger charge is -2.12. The summed E-state index contributed by atoms with van der Waals surface area (Å²) in [7, 11) is 1.51. The molecule has 0 aliphatic rings. The number of aliphatic hydroxyl groups is 2. The number of carbonyl (C=O) groups is 1. The number of ether oxygens (including phenoxy) is 1.